The van der Waals surface area contributed by atoms with E-state index in [4.69, 9.17) is 28.4 Å². The number of hydrogen-bond acceptors (Lipinski definition) is 14. The average Bonchev–Trinajstić information content (AvgIpc) is 3.32. The van der Waals surface area contributed by atoms with Crippen LogP contribution in [0.2, 0.25) is 0 Å². The summed E-state index contributed by atoms with van der Waals surface area (Å²) in [6, 6.07) is 0. The highest BCUT2D eigenvalue weighted by atomic mass is 35.5. The number of quaternary nitrogens is 2. The van der Waals surface area contributed by atoms with Crippen LogP contribution in [0.25, 0.3) is 0 Å². The molecule has 0 aliphatic carbocycles. The number of nitrogens with zero attached hydrogens (tertiary/aromatic N) is 2. The van der Waals surface area contributed by atoms with E-state index in [1.807, 2.05) is 47.3 Å². The van der Waals surface area contributed by atoms with Crippen molar-refractivity contribution in [3.63, 3.8) is 0 Å². The van der Waals surface area contributed by atoms with E-state index in [9.17, 15) is 39.0 Å². The summed E-state index contributed by atoms with van der Waals surface area (Å²) in [5.74, 6) is -1.83. The van der Waals surface area contributed by atoms with Crippen molar-refractivity contribution in [2.45, 2.75) is 225 Å². The van der Waals surface area contributed by atoms with Crippen LogP contribution in [0.15, 0.2) is 24.3 Å². The number of aliphatic hydroxyl groups is 2. The first-order chi connectivity index (χ1) is 34.9. The average molecular weight is 1110 g/mol. The molecule has 18 heteroatoms. The number of hydrogen-bond donors (Lipinski definition) is 2. The zero-order valence-electron chi connectivity index (χ0n) is 47.8. The van der Waals surface area contributed by atoms with Crippen LogP contribution in [0.3, 0.4) is 0 Å². The number of likely N-dealkylation sites (N-methyl/N-ethyl adjacent to an activating group) is 2. The highest BCUT2D eigenvalue weighted by Gasteiger charge is 2.29. The Morgan fingerprint density at radius 3 is 1.16 bits per heavy atom. The third kappa shape index (κ3) is 46.5. The molecule has 0 spiro atoms. The lowest BCUT2D eigenvalue weighted by molar-refractivity contribution is -0.883. The van der Waals surface area contributed by atoms with Crippen molar-refractivity contribution in [2.24, 2.45) is 0 Å². The van der Waals surface area contributed by atoms with Gasteiger partial charge in [-0.3, -0.25) is 19.2 Å². The molecule has 0 aliphatic rings. The van der Waals surface area contributed by atoms with E-state index in [1.54, 1.807) is 6.92 Å². The first-order valence-electron chi connectivity index (χ1n) is 28.2. The van der Waals surface area contributed by atoms with Gasteiger partial charge >= 0.3 is 35.8 Å². The summed E-state index contributed by atoms with van der Waals surface area (Å²) in [5.41, 5.74) is 0. The Kier molecular flexibility index (Phi) is 49.7. The lowest BCUT2D eigenvalue weighted by Crippen LogP contribution is -3.00. The smallest absolute Gasteiger partial charge is 0.362 e. The summed E-state index contributed by atoms with van der Waals surface area (Å²) in [6.07, 6.45) is 26.3. The molecule has 0 aliphatic heterocycles. The minimum absolute atomic E-state index is 0. The van der Waals surface area contributed by atoms with Crippen molar-refractivity contribution in [3.05, 3.63) is 24.3 Å². The maximum absolute atomic E-state index is 12.9. The third-order valence-corrected chi connectivity index (χ3v) is 12.6. The van der Waals surface area contributed by atoms with Crippen LogP contribution in [-0.2, 0) is 57.2 Å². The zero-order chi connectivity index (χ0) is 54.6. The normalized spacial score (nSPS) is 13.3. The standard InChI is InChI=1S/C57H104N2O14.2ClH/c1-9-13-27-36-50(72-56(66)46-58(5,6)40-42-68-52(62)12-4)48(60)34-29-23-19-15-17-21-25-31-38-54(64)70-44-45-71-55(65)39-32-26-22-18-16-20-24-30-35-49(61)51(37-28-14-10-2)73-57(67)47-59(7,8)41-43-69-53(63)33-11-3;;/h23-24,29-30,48-51,60-61H,9-22,25-28,31-47H2,1-8H3;2*1H/q+2;;/p-2/b29-23-,30-24-;;. The Labute approximate surface area is 465 Å². The fraction of sp³-hybridized carbons (Fsp3) is 0.825. The minimum atomic E-state index is -0.789. The van der Waals surface area contributed by atoms with Crippen molar-refractivity contribution >= 4 is 35.8 Å². The SMILES string of the molecule is CCCCCC(OC(=O)C[N+](C)(C)CCOC(=O)CC)C(O)C/C=C\CCCCCCCC(=O)OCCOC(=O)CCCCCCC/C=C\CC(O)C(CCCCC)OC(=O)C[N+](C)(C)CCOC(=O)CCC.[Cl-].[Cl-]. The maximum atomic E-state index is 12.9. The van der Waals surface area contributed by atoms with Gasteiger partial charge in [0.15, 0.2) is 13.1 Å². The Morgan fingerprint density at radius 1 is 0.413 bits per heavy atom. The molecule has 440 valence electrons. The summed E-state index contributed by atoms with van der Waals surface area (Å²) >= 11 is 0. The highest BCUT2D eigenvalue weighted by Crippen LogP contribution is 2.18. The van der Waals surface area contributed by atoms with Crippen molar-refractivity contribution in [3.8, 4) is 0 Å². The van der Waals surface area contributed by atoms with Gasteiger partial charge < -0.3 is 72.4 Å². The van der Waals surface area contributed by atoms with Gasteiger partial charge in [0.1, 0.15) is 51.7 Å². The molecule has 2 N–H and O–H groups in total. The molecule has 0 rings (SSSR count). The first kappa shape index (κ1) is 76.0. The van der Waals surface area contributed by atoms with E-state index in [1.165, 1.54) is 0 Å². The number of halogens is 2. The van der Waals surface area contributed by atoms with Crippen LogP contribution in [0, 0.1) is 0 Å². The number of ether oxygens (including phenoxy) is 6. The second-order valence-electron chi connectivity index (χ2n) is 20.8. The maximum Gasteiger partial charge on any atom is 0.362 e. The van der Waals surface area contributed by atoms with E-state index in [0.29, 0.717) is 73.4 Å². The van der Waals surface area contributed by atoms with Gasteiger partial charge in [-0.1, -0.05) is 116 Å². The van der Waals surface area contributed by atoms with Crippen LogP contribution >= 0.6 is 0 Å². The lowest BCUT2D eigenvalue weighted by Gasteiger charge is -2.30. The Morgan fingerprint density at radius 2 is 0.773 bits per heavy atom. The summed E-state index contributed by atoms with van der Waals surface area (Å²) in [5, 5.41) is 21.9. The highest BCUT2D eigenvalue weighted by molar-refractivity contribution is 5.72. The van der Waals surface area contributed by atoms with E-state index in [2.05, 4.69) is 26.0 Å². The molecular formula is C57H104Cl2N2O14. The molecule has 0 saturated heterocycles. The Balaban J connectivity index is -0.0000259. The molecule has 0 aromatic heterocycles. The topological polar surface area (TPSA) is 198 Å². The zero-order valence-corrected chi connectivity index (χ0v) is 49.3. The van der Waals surface area contributed by atoms with Gasteiger partial charge in [-0.05, 0) is 83.5 Å². The van der Waals surface area contributed by atoms with Gasteiger partial charge in [-0.15, -0.1) is 0 Å². The van der Waals surface area contributed by atoms with Gasteiger partial charge in [0.05, 0.1) is 40.4 Å². The molecule has 0 amide bonds. The quantitative estimate of drug-likeness (QED) is 0.0295. The number of allylic oxidation sites excluding steroid dienone is 2. The summed E-state index contributed by atoms with van der Waals surface area (Å²) in [4.78, 5) is 73.2. The molecule has 75 heavy (non-hydrogen) atoms. The van der Waals surface area contributed by atoms with Crippen LogP contribution in [-0.4, -0.2) is 160 Å². The van der Waals surface area contributed by atoms with Crippen LogP contribution < -0.4 is 24.8 Å². The van der Waals surface area contributed by atoms with Crippen molar-refractivity contribution in [1.29, 1.82) is 0 Å². The fourth-order valence-corrected chi connectivity index (χ4v) is 7.90. The minimum Gasteiger partial charge on any atom is -1.00 e. The van der Waals surface area contributed by atoms with Gasteiger partial charge in [0, 0.05) is 25.7 Å². The molecule has 0 aromatic rings. The van der Waals surface area contributed by atoms with Crippen molar-refractivity contribution < 1.29 is 101 Å². The van der Waals surface area contributed by atoms with Gasteiger partial charge in [-0.25, -0.2) is 9.59 Å². The number of esters is 6. The van der Waals surface area contributed by atoms with E-state index in [-0.39, 0.29) is 100 Å². The third-order valence-electron chi connectivity index (χ3n) is 12.6. The predicted octanol–water partition coefficient (Wildman–Crippen LogP) is 3.59. The number of carbonyl (C=O) groups is 6. The predicted molar refractivity (Wildman–Crippen MR) is 285 cm³/mol. The van der Waals surface area contributed by atoms with Crippen LogP contribution in [0.1, 0.15) is 201 Å². The fourth-order valence-electron chi connectivity index (χ4n) is 7.90. The summed E-state index contributed by atoms with van der Waals surface area (Å²) in [7, 11) is 7.55. The number of unbranched alkanes of at least 4 members (excludes halogenated alkanes) is 14. The second kappa shape index (κ2) is 49.0. The molecule has 0 heterocycles. The summed E-state index contributed by atoms with van der Waals surface area (Å²) < 4.78 is 33.1. The monoisotopic (exact) mass is 1110 g/mol. The molecule has 0 aromatic carbocycles. The molecule has 0 saturated carbocycles. The summed E-state index contributed by atoms with van der Waals surface area (Å²) in [6.45, 7) is 9.66. The molecule has 0 fully saturated rings. The van der Waals surface area contributed by atoms with E-state index < -0.39 is 24.4 Å². The largest absolute Gasteiger partial charge is 1.00 e. The second-order valence-corrected chi connectivity index (χ2v) is 20.8. The van der Waals surface area contributed by atoms with E-state index >= 15 is 0 Å². The lowest BCUT2D eigenvalue weighted by atomic mass is 10.0. The molecule has 4 unspecified atom stereocenters. The van der Waals surface area contributed by atoms with Crippen LogP contribution in [0.5, 0.6) is 0 Å². The van der Waals surface area contributed by atoms with Crippen molar-refractivity contribution in [1.82, 2.24) is 0 Å². The molecular weight excluding hydrogens is 1010 g/mol. The van der Waals surface area contributed by atoms with E-state index in [0.717, 1.165) is 122 Å². The number of carbonyl (C=O) groups excluding carboxylic acids is 6. The molecule has 16 nitrogen and oxygen atoms in total. The first-order valence-corrected chi connectivity index (χ1v) is 28.2. The molecule has 0 radical (unpaired) electrons. The van der Waals surface area contributed by atoms with Crippen molar-refractivity contribution in [2.75, 3.05) is 80.8 Å². The number of rotatable bonds is 48. The number of aliphatic hydroxyl groups excluding tert-OH is 2. The molecule has 4 atom stereocenters. The van der Waals surface area contributed by atoms with Gasteiger partial charge in [-0.2, -0.15) is 0 Å². The molecule has 0 bridgehead atoms. The Bertz CT molecular complexity index is 1550. The van der Waals surface area contributed by atoms with Gasteiger partial charge in [0.2, 0.25) is 0 Å². The van der Waals surface area contributed by atoms with Crippen LogP contribution in [0.4, 0.5) is 0 Å². The van der Waals surface area contributed by atoms with Gasteiger partial charge in [0.25, 0.3) is 0 Å². The Hall–Kier alpha value is -3.28.